The Kier molecular flexibility index (Phi) is 7.02. The maximum atomic E-state index is 14.7. The molecule has 0 amide bonds. The molecule has 196 valence electrons. The van der Waals surface area contributed by atoms with Gasteiger partial charge in [0.05, 0.1) is 16.8 Å². The fourth-order valence-electron chi connectivity index (χ4n) is 5.64. The number of rotatable bonds is 7. The van der Waals surface area contributed by atoms with Crippen molar-refractivity contribution in [1.29, 1.82) is 5.26 Å². The van der Waals surface area contributed by atoms with Crippen molar-refractivity contribution < 1.29 is 4.39 Å². The summed E-state index contributed by atoms with van der Waals surface area (Å²) in [4.78, 5) is 20.8. The van der Waals surface area contributed by atoms with E-state index in [9.17, 15) is 14.4 Å². The second-order valence-corrected chi connectivity index (χ2v) is 10.4. The van der Waals surface area contributed by atoms with E-state index in [1.165, 1.54) is 36.0 Å². The maximum Gasteiger partial charge on any atom is 0.260 e. The number of piperidine rings is 1. The lowest BCUT2D eigenvalue weighted by Gasteiger charge is -2.42. The van der Waals surface area contributed by atoms with Crippen LogP contribution in [0.5, 0.6) is 0 Å². The standard InChI is InChI=1S/C30H33FN6O/c1-4-6-11-30(5-2)12-14-36(15-13-30)27-18-28(38)37(24-9-10-26-23(16-24)20-35(3)34-26)29(33-27)21-7-8-22(19-32)25(31)17-21/h7-10,16-18,20H,4-6,11-15H2,1-3H3. The zero-order valence-electron chi connectivity index (χ0n) is 22.2. The van der Waals surface area contributed by atoms with E-state index in [0.29, 0.717) is 28.3 Å². The molecule has 0 spiro atoms. The molecule has 1 saturated heterocycles. The van der Waals surface area contributed by atoms with Crippen molar-refractivity contribution in [3.63, 3.8) is 0 Å². The molecule has 0 bridgehead atoms. The smallest absolute Gasteiger partial charge is 0.260 e. The quantitative estimate of drug-likeness (QED) is 0.304. The number of aryl methyl sites for hydroxylation is 1. The van der Waals surface area contributed by atoms with Gasteiger partial charge in [-0.3, -0.25) is 14.0 Å². The number of aromatic nitrogens is 4. The SMILES string of the molecule is CCCCC1(CC)CCN(c2cc(=O)n(-c3ccc4nn(C)cc4c3)c(-c3ccc(C#N)c(F)c3)n2)CC1. The Balaban J connectivity index is 1.59. The van der Waals surface area contributed by atoms with E-state index in [1.807, 2.05) is 37.5 Å². The third-order valence-electron chi connectivity index (χ3n) is 8.07. The van der Waals surface area contributed by atoms with Crippen LogP contribution in [0, 0.1) is 22.6 Å². The van der Waals surface area contributed by atoms with Gasteiger partial charge in [0.1, 0.15) is 23.5 Å². The van der Waals surface area contributed by atoms with Crippen LogP contribution >= 0.6 is 0 Å². The summed E-state index contributed by atoms with van der Waals surface area (Å²) in [5.74, 6) is 0.312. The Labute approximate surface area is 222 Å². The van der Waals surface area contributed by atoms with Crippen molar-refractivity contribution in [3.05, 3.63) is 70.4 Å². The van der Waals surface area contributed by atoms with Crippen LogP contribution in [-0.2, 0) is 7.05 Å². The van der Waals surface area contributed by atoms with Gasteiger partial charge in [0.15, 0.2) is 0 Å². The Morgan fingerprint density at radius 3 is 2.58 bits per heavy atom. The number of nitrogens with zero attached hydrogens (tertiary/aromatic N) is 6. The van der Waals surface area contributed by atoms with E-state index < -0.39 is 5.82 Å². The van der Waals surface area contributed by atoms with Crippen molar-refractivity contribution in [3.8, 4) is 23.1 Å². The summed E-state index contributed by atoms with van der Waals surface area (Å²) >= 11 is 0. The average molecular weight is 513 g/mol. The number of unbranched alkanes of at least 4 members (excludes halogenated alkanes) is 1. The zero-order valence-corrected chi connectivity index (χ0v) is 22.2. The average Bonchev–Trinajstić information content (AvgIpc) is 3.31. The highest BCUT2D eigenvalue weighted by atomic mass is 19.1. The molecular formula is C30H33FN6O. The van der Waals surface area contributed by atoms with Crippen LogP contribution < -0.4 is 10.5 Å². The van der Waals surface area contributed by atoms with Gasteiger partial charge in [0.25, 0.3) is 5.56 Å². The first kappa shape index (κ1) is 25.7. The molecule has 38 heavy (non-hydrogen) atoms. The molecule has 2 aromatic carbocycles. The first-order chi connectivity index (χ1) is 18.4. The van der Waals surface area contributed by atoms with E-state index in [2.05, 4.69) is 23.8 Å². The van der Waals surface area contributed by atoms with E-state index in [0.717, 1.165) is 43.3 Å². The third-order valence-corrected chi connectivity index (χ3v) is 8.07. The van der Waals surface area contributed by atoms with Crippen molar-refractivity contribution >= 4 is 16.7 Å². The summed E-state index contributed by atoms with van der Waals surface area (Å²) in [5.41, 5.74) is 1.94. The molecule has 4 aromatic rings. The topological polar surface area (TPSA) is 79.7 Å². The second-order valence-electron chi connectivity index (χ2n) is 10.4. The van der Waals surface area contributed by atoms with E-state index in [4.69, 9.17) is 4.98 Å². The van der Waals surface area contributed by atoms with Crippen LogP contribution in [-0.4, -0.2) is 32.4 Å². The number of halogens is 1. The number of hydrogen-bond donors (Lipinski definition) is 0. The van der Waals surface area contributed by atoms with E-state index in [1.54, 1.807) is 16.8 Å². The monoisotopic (exact) mass is 512 g/mol. The fourth-order valence-corrected chi connectivity index (χ4v) is 5.64. The summed E-state index contributed by atoms with van der Waals surface area (Å²) in [6.07, 6.45) is 8.83. The van der Waals surface area contributed by atoms with Gasteiger partial charge in [-0.2, -0.15) is 10.4 Å². The zero-order chi connectivity index (χ0) is 26.9. The predicted molar refractivity (Wildman–Crippen MR) is 148 cm³/mol. The summed E-state index contributed by atoms with van der Waals surface area (Å²) in [6, 6.07) is 13.4. The van der Waals surface area contributed by atoms with Crippen LogP contribution in [0.3, 0.4) is 0 Å². The van der Waals surface area contributed by atoms with Crippen molar-refractivity contribution in [2.75, 3.05) is 18.0 Å². The molecular weight excluding hydrogens is 479 g/mol. The highest BCUT2D eigenvalue weighted by Crippen LogP contribution is 2.40. The fraction of sp³-hybridized carbons (Fsp3) is 0.400. The largest absolute Gasteiger partial charge is 0.356 e. The van der Waals surface area contributed by atoms with Gasteiger partial charge < -0.3 is 4.90 Å². The molecule has 0 atom stereocenters. The minimum atomic E-state index is -0.638. The lowest BCUT2D eigenvalue weighted by molar-refractivity contribution is 0.185. The summed E-state index contributed by atoms with van der Waals surface area (Å²) in [6.45, 7) is 6.17. The van der Waals surface area contributed by atoms with Gasteiger partial charge in [-0.15, -0.1) is 0 Å². The number of nitriles is 1. The van der Waals surface area contributed by atoms with E-state index in [-0.39, 0.29) is 11.1 Å². The summed E-state index contributed by atoms with van der Waals surface area (Å²) < 4.78 is 17.9. The van der Waals surface area contributed by atoms with Crippen molar-refractivity contribution in [2.45, 2.75) is 52.4 Å². The molecule has 0 unspecified atom stereocenters. The molecule has 0 saturated carbocycles. The van der Waals surface area contributed by atoms with Gasteiger partial charge in [0, 0.05) is 43.4 Å². The normalized spacial score (nSPS) is 15.1. The summed E-state index contributed by atoms with van der Waals surface area (Å²) in [7, 11) is 1.85. The van der Waals surface area contributed by atoms with Crippen LogP contribution in [0.25, 0.3) is 28.0 Å². The number of fused-ring (bicyclic) bond motifs is 1. The van der Waals surface area contributed by atoms with Crippen LogP contribution in [0.1, 0.15) is 57.9 Å². The molecule has 0 N–H and O–H groups in total. The van der Waals surface area contributed by atoms with Gasteiger partial charge in [-0.25, -0.2) is 9.37 Å². The Bertz CT molecular complexity index is 1570. The van der Waals surface area contributed by atoms with Gasteiger partial charge in [-0.05, 0) is 61.1 Å². The minimum absolute atomic E-state index is 0.0467. The van der Waals surface area contributed by atoms with Gasteiger partial charge >= 0.3 is 0 Å². The first-order valence-electron chi connectivity index (χ1n) is 13.4. The molecule has 7 nitrogen and oxygen atoms in total. The summed E-state index contributed by atoms with van der Waals surface area (Å²) in [5, 5.41) is 14.5. The molecule has 5 rings (SSSR count). The van der Waals surface area contributed by atoms with Crippen LogP contribution in [0.15, 0.2) is 53.5 Å². The third kappa shape index (κ3) is 4.81. The van der Waals surface area contributed by atoms with Crippen molar-refractivity contribution in [1.82, 2.24) is 19.3 Å². The molecule has 3 heterocycles. The number of hydrogen-bond acceptors (Lipinski definition) is 5. The molecule has 8 heteroatoms. The van der Waals surface area contributed by atoms with Crippen LogP contribution in [0.2, 0.25) is 0 Å². The number of benzene rings is 2. The Morgan fingerprint density at radius 1 is 1.11 bits per heavy atom. The molecule has 1 aliphatic heterocycles. The highest BCUT2D eigenvalue weighted by Gasteiger charge is 2.33. The molecule has 0 radical (unpaired) electrons. The maximum absolute atomic E-state index is 14.7. The van der Waals surface area contributed by atoms with Gasteiger partial charge in [0.2, 0.25) is 0 Å². The van der Waals surface area contributed by atoms with Crippen LogP contribution in [0.4, 0.5) is 10.2 Å². The van der Waals surface area contributed by atoms with E-state index >= 15 is 0 Å². The Morgan fingerprint density at radius 2 is 1.89 bits per heavy atom. The molecule has 1 fully saturated rings. The Hall–Kier alpha value is -3.99. The lowest BCUT2D eigenvalue weighted by atomic mass is 9.72. The molecule has 1 aliphatic rings. The minimum Gasteiger partial charge on any atom is -0.356 e. The molecule has 0 aliphatic carbocycles. The van der Waals surface area contributed by atoms with Crippen molar-refractivity contribution in [2.24, 2.45) is 12.5 Å². The first-order valence-corrected chi connectivity index (χ1v) is 13.4. The lowest BCUT2D eigenvalue weighted by Crippen LogP contribution is -2.41. The predicted octanol–water partition coefficient (Wildman–Crippen LogP) is 5.98. The highest BCUT2D eigenvalue weighted by molar-refractivity contribution is 5.80. The second kappa shape index (κ2) is 10.4. The number of anilines is 1. The van der Waals surface area contributed by atoms with Gasteiger partial charge in [-0.1, -0.05) is 33.1 Å². The molecule has 2 aromatic heterocycles.